The minimum absolute atomic E-state index is 0.0496. The van der Waals surface area contributed by atoms with Crippen LogP contribution in [0.5, 0.6) is 5.75 Å². The number of aliphatic imine (C=N–C) groups is 1. The van der Waals surface area contributed by atoms with E-state index >= 15 is 0 Å². The Morgan fingerprint density at radius 1 is 1.14 bits per heavy atom. The van der Waals surface area contributed by atoms with Crippen LogP contribution < -0.4 is 15.8 Å². The van der Waals surface area contributed by atoms with E-state index in [1.54, 1.807) is 26.8 Å². The Kier molecular flexibility index (Phi) is 10.3. The summed E-state index contributed by atoms with van der Waals surface area (Å²) in [6.45, 7) is 5.11. The maximum Gasteiger partial charge on any atom is 0.226 e. The van der Waals surface area contributed by atoms with Gasteiger partial charge < -0.3 is 15.2 Å². The van der Waals surface area contributed by atoms with Gasteiger partial charge in [0.05, 0.1) is 11.4 Å². The van der Waals surface area contributed by atoms with Gasteiger partial charge in [0.25, 0.3) is 0 Å². The first-order valence-electron chi connectivity index (χ1n) is 11.6. The van der Waals surface area contributed by atoms with E-state index in [2.05, 4.69) is 10.3 Å². The molecule has 1 unspecified atom stereocenters. The maximum absolute atomic E-state index is 13.1. The highest BCUT2D eigenvalue weighted by atomic mass is 35.5. The van der Waals surface area contributed by atoms with Crippen LogP contribution in [0.25, 0.3) is 11.1 Å². The Balaban J connectivity index is 2.45. The van der Waals surface area contributed by atoms with Crippen LogP contribution >= 0.6 is 11.6 Å². The van der Waals surface area contributed by atoms with Crippen molar-refractivity contribution in [1.29, 1.82) is 0 Å². The first-order chi connectivity index (χ1) is 16.8. The lowest BCUT2D eigenvalue weighted by molar-refractivity contribution is -0.119. The summed E-state index contributed by atoms with van der Waals surface area (Å²) in [5.74, 6) is -0.196. The standard InChI is InChI=1S/C26H36ClN3O5S/c1-25(2,3)36(32,33)18-26(27,15-16-34-5)35-22-17-19(12-14-23(31)30-24(28)29-4)11-13-21(22)20-9-7-6-8-10-20/h6-11,13,17H,12,14-16,18H2,1-5H3,(H3,28,29,30,31). The van der Waals surface area contributed by atoms with Crippen LogP contribution in [0.4, 0.5) is 0 Å². The van der Waals surface area contributed by atoms with E-state index in [1.807, 2.05) is 42.5 Å². The molecule has 0 bridgehead atoms. The molecule has 198 valence electrons. The van der Waals surface area contributed by atoms with Crippen molar-refractivity contribution in [2.45, 2.75) is 49.8 Å². The number of amides is 1. The van der Waals surface area contributed by atoms with Crippen molar-refractivity contribution in [3.05, 3.63) is 54.1 Å². The van der Waals surface area contributed by atoms with Gasteiger partial charge in [0.1, 0.15) is 11.5 Å². The van der Waals surface area contributed by atoms with Crippen molar-refractivity contribution in [3.63, 3.8) is 0 Å². The number of carbonyl (C=O) groups excluding carboxylic acids is 1. The molecule has 2 aromatic rings. The summed E-state index contributed by atoms with van der Waals surface area (Å²) in [6, 6.07) is 15.1. The molecule has 0 aliphatic rings. The van der Waals surface area contributed by atoms with Gasteiger partial charge in [0.15, 0.2) is 20.9 Å². The molecule has 3 N–H and O–H groups in total. The molecule has 0 spiro atoms. The molecule has 10 heteroatoms. The fraction of sp³-hybridized carbons (Fsp3) is 0.462. The zero-order valence-corrected chi connectivity index (χ0v) is 23.1. The van der Waals surface area contributed by atoms with E-state index in [4.69, 9.17) is 26.8 Å². The number of nitrogens with two attached hydrogens (primary N) is 1. The van der Waals surface area contributed by atoms with Crippen molar-refractivity contribution in [1.82, 2.24) is 5.32 Å². The fourth-order valence-electron chi connectivity index (χ4n) is 3.29. The number of nitrogens with one attached hydrogen (secondary N) is 1. The van der Waals surface area contributed by atoms with Crippen molar-refractivity contribution >= 4 is 33.3 Å². The third kappa shape index (κ3) is 8.50. The minimum Gasteiger partial charge on any atom is -0.470 e. The summed E-state index contributed by atoms with van der Waals surface area (Å²) in [6.07, 6.45) is 0.729. The van der Waals surface area contributed by atoms with Gasteiger partial charge in [-0.15, -0.1) is 0 Å². The predicted molar refractivity (Wildman–Crippen MR) is 145 cm³/mol. The van der Waals surface area contributed by atoms with Crippen molar-refractivity contribution < 1.29 is 22.7 Å². The molecule has 0 aliphatic carbocycles. The van der Waals surface area contributed by atoms with Gasteiger partial charge in [-0.3, -0.25) is 15.1 Å². The van der Waals surface area contributed by atoms with E-state index in [0.29, 0.717) is 12.2 Å². The molecule has 8 nitrogen and oxygen atoms in total. The summed E-state index contributed by atoms with van der Waals surface area (Å²) in [5, 5.41) is 0.947. The number of ether oxygens (including phenoxy) is 2. The molecule has 0 aliphatic heterocycles. The first kappa shape index (κ1) is 29.6. The molecule has 1 amide bonds. The molecule has 2 aromatic carbocycles. The number of halogens is 1. The van der Waals surface area contributed by atoms with Crippen LogP contribution in [0.15, 0.2) is 53.5 Å². The molecular weight excluding hydrogens is 502 g/mol. The van der Waals surface area contributed by atoms with Gasteiger partial charge in [0.2, 0.25) is 5.91 Å². The summed E-state index contributed by atoms with van der Waals surface area (Å²) in [5.41, 5.74) is 8.02. The second-order valence-corrected chi connectivity index (χ2v) is 12.9. The molecule has 0 aromatic heterocycles. The second-order valence-electron chi connectivity index (χ2n) is 9.45. The number of sulfone groups is 1. The number of hydrogen-bond acceptors (Lipinski definition) is 6. The summed E-state index contributed by atoms with van der Waals surface area (Å²) < 4.78 is 36.6. The topological polar surface area (TPSA) is 120 Å². The fourth-order valence-corrected chi connectivity index (χ4v) is 5.08. The Bertz CT molecular complexity index is 1160. The number of nitrogens with zero attached hydrogens (tertiary/aromatic N) is 1. The lowest BCUT2D eigenvalue weighted by Gasteiger charge is -2.32. The lowest BCUT2D eigenvalue weighted by Crippen LogP contribution is -2.44. The van der Waals surface area contributed by atoms with Crippen LogP contribution in [-0.4, -0.2) is 56.6 Å². The van der Waals surface area contributed by atoms with Gasteiger partial charge in [-0.25, -0.2) is 8.42 Å². The summed E-state index contributed by atoms with van der Waals surface area (Å²) >= 11 is 6.88. The average Bonchev–Trinajstić information content (AvgIpc) is 2.81. The summed E-state index contributed by atoms with van der Waals surface area (Å²) in [7, 11) is -0.608. The smallest absolute Gasteiger partial charge is 0.226 e. The van der Waals surface area contributed by atoms with Crippen LogP contribution in [0, 0.1) is 0 Å². The van der Waals surface area contributed by atoms with Crippen LogP contribution in [0.1, 0.15) is 39.2 Å². The zero-order valence-electron chi connectivity index (χ0n) is 21.5. The third-order valence-corrected chi connectivity index (χ3v) is 8.86. The maximum atomic E-state index is 13.1. The Morgan fingerprint density at radius 3 is 2.39 bits per heavy atom. The van der Waals surface area contributed by atoms with Crippen molar-refractivity contribution in [3.8, 4) is 16.9 Å². The second kappa shape index (κ2) is 12.6. The van der Waals surface area contributed by atoms with E-state index in [9.17, 15) is 13.2 Å². The van der Waals surface area contributed by atoms with Gasteiger partial charge in [-0.05, 0) is 44.4 Å². The van der Waals surface area contributed by atoms with Crippen molar-refractivity contribution in [2.75, 3.05) is 26.5 Å². The molecule has 0 saturated heterocycles. The number of carbonyl (C=O) groups is 1. The Labute approximate surface area is 219 Å². The molecule has 2 rings (SSSR count). The van der Waals surface area contributed by atoms with Gasteiger partial charge in [-0.1, -0.05) is 54.1 Å². The minimum atomic E-state index is -3.62. The van der Waals surface area contributed by atoms with Crippen LogP contribution in [0.2, 0.25) is 0 Å². The van der Waals surface area contributed by atoms with Crippen molar-refractivity contribution in [2.24, 2.45) is 10.7 Å². The highest BCUT2D eigenvalue weighted by Crippen LogP contribution is 2.37. The molecule has 0 radical (unpaired) electrons. The van der Waals surface area contributed by atoms with Crippen LogP contribution in [-0.2, 0) is 25.8 Å². The van der Waals surface area contributed by atoms with E-state index < -0.39 is 25.4 Å². The number of alkyl halides is 1. The number of rotatable bonds is 11. The first-order valence-corrected chi connectivity index (χ1v) is 13.6. The number of guanidine groups is 1. The number of aryl methyl sites for hydroxylation is 1. The average molecular weight is 538 g/mol. The van der Waals surface area contributed by atoms with E-state index in [1.165, 1.54) is 14.2 Å². The Morgan fingerprint density at radius 2 is 1.81 bits per heavy atom. The highest BCUT2D eigenvalue weighted by molar-refractivity contribution is 7.92. The number of benzene rings is 2. The van der Waals surface area contributed by atoms with Gasteiger partial charge in [0, 0.05) is 32.6 Å². The summed E-state index contributed by atoms with van der Waals surface area (Å²) in [4.78, 5) is 15.9. The SMILES string of the molecule is CN=C(N)NC(=O)CCc1ccc(-c2ccccc2)c(OC(Cl)(CCOC)CS(=O)(=O)C(C)(C)C)c1. The normalized spacial score (nSPS) is 14.2. The highest BCUT2D eigenvalue weighted by Gasteiger charge is 2.41. The zero-order chi connectivity index (χ0) is 27.0. The molecule has 0 heterocycles. The quantitative estimate of drug-likeness (QED) is 0.255. The molecule has 0 fully saturated rings. The van der Waals surface area contributed by atoms with E-state index in [-0.39, 0.29) is 31.3 Å². The Hall–Kier alpha value is -2.62. The van der Waals surface area contributed by atoms with E-state index in [0.717, 1.165) is 16.7 Å². The molecular formula is C26H36ClN3O5S. The molecule has 36 heavy (non-hydrogen) atoms. The largest absolute Gasteiger partial charge is 0.470 e. The van der Waals surface area contributed by atoms with Crippen LogP contribution in [0.3, 0.4) is 0 Å². The molecule has 1 atom stereocenters. The van der Waals surface area contributed by atoms with Gasteiger partial charge in [-0.2, -0.15) is 0 Å². The molecule has 0 saturated carbocycles. The number of methoxy groups -OCH3 is 1. The third-order valence-electron chi connectivity index (χ3n) is 5.59. The van der Waals surface area contributed by atoms with Gasteiger partial charge >= 0.3 is 0 Å². The lowest BCUT2D eigenvalue weighted by atomic mass is 10.0. The predicted octanol–water partition coefficient (Wildman–Crippen LogP) is 3.91. The number of hydrogen-bond donors (Lipinski definition) is 2. The monoisotopic (exact) mass is 537 g/mol.